The maximum Gasteiger partial charge on any atom is 0.217 e. The van der Waals surface area contributed by atoms with E-state index in [9.17, 15) is 0 Å². The van der Waals surface area contributed by atoms with E-state index in [2.05, 4.69) is 39.7 Å². The van der Waals surface area contributed by atoms with Gasteiger partial charge in [-0.15, -0.1) is 0 Å². The first kappa shape index (κ1) is 13.4. The van der Waals surface area contributed by atoms with Crippen LogP contribution in [0.15, 0.2) is 10.7 Å². The summed E-state index contributed by atoms with van der Waals surface area (Å²) in [7, 11) is 0. The summed E-state index contributed by atoms with van der Waals surface area (Å²) in [5.74, 6) is 1.53. The van der Waals surface area contributed by atoms with Crippen molar-refractivity contribution in [1.29, 1.82) is 0 Å². The van der Waals surface area contributed by atoms with Gasteiger partial charge in [-0.2, -0.15) is 4.98 Å². The molecule has 1 heterocycles. The third-order valence-corrected chi connectivity index (χ3v) is 2.60. The van der Waals surface area contributed by atoms with Crippen molar-refractivity contribution in [2.24, 2.45) is 0 Å². The standard InChI is InChI=1S/C12H19BrN2O/c1-3-5-6-8-16-12-9-10(13)14-11(15-12)7-4-2/h9H,3-8H2,1-2H3. The highest BCUT2D eigenvalue weighted by Gasteiger charge is 2.03. The van der Waals surface area contributed by atoms with Crippen LogP contribution in [-0.4, -0.2) is 16.6 Å². The van der Waals surface area contributed by atoms with Crippen molar-refractivity contribution in [3.05, 3.63) is 16.5 Å². The maximum atomic E-state index is 5.59. The molecule has 0 bridgehead atoms. The van der Waals surface area contributed by atoms with Gasteiger partial charge in [0.1, 0.15) is 10.4 Å². The number of hydrogen-bond acceptors (Lipinski definition) is 3. The van der Waals surface area contributed by atoms with Crippen LogP contribution < -0.4 is 4.74 Å². The van der Waals surface area contributed by atoms with E-state index < -0.39 is 0 Å². The summed E-state index contributed by atoms with van der Waals surface area (Å²) in [5.41, 5.74) is 0. The highest BCUT2D eigenvalue weighted by molar-refractivity contribution is 9.10. The van der Waals surface area contributed by atoms with E-state index in [1.54, 1.807) is 0 Å². The molecule has 1 aromatic rings. The molecular weight excluding hydrogens is 268 g/mol. The largest absolute Gasteiger partial charge is 0.478 e. The molecule has 4 heteroatoms. The Balaban J connectivity index is 2.51. The molecule has 0 atom stereocenters. The molecule has 1 aromatic heterocycles. The normalized spacial score (nSPS) is 10.4. The Hall–Kier alpha value is -0.640. The zero-order chi connectivity index (χ0) is 11.8. The van der Waals surface area contributed by atoms with E-state index in [1.807, 2.05) is 6.07 Å². The molecule has 0 spiro atoms. The highest BCUT2D eigenvalue weighted by Crippen LogP contribution is 2.15. The first-order valence-electron chi connectivity index (χ1n) is 5.92. The van der Waals surface area contributed by atoms with Crippen LogP contribution in [0.5, 0.6) is 5.88 Å². The lowest BCUT2D eigenvalue weighted by atomic mass is 10.3. The minimum absolute atomic E-state index is 0.682. The van der Waals surface area contributed by atoms with Gasteiger partial charge in [-0.1, -0.05) is 26.7 Å². The fraction of sp³-hybridized carbons (Fsp3) is 0.667. The van der Waals surface area contributed by atoms with Crippen LogP contribution in [0.3, 0.4) is 0 Å². The predicted octanol–water partition coefficient (Wildman–Crippen LogP) is 3.76. The van der Waals surface area contributed by atoms with Crippen molar-refractivity contribution in [2.75, 3.05) is 6.61 Å². The molecule has 0 unspecified atom stereocenters. The van der Waals surface area contributed by atoms with Crippen LogP contribution in [0.2, 0.25) is 0 Å². The van der Waals surface area contributed by atoms with E-state index in [-0.39, 0.29) is 0 Å². The molecule has 3 nitrogen and oxygen atoms in total. The van der Waals surface area contributed by atoms with Crippen molar-refractivity contribution in [3.63, 3.8) is 0 Å². The molecule has 16 heavy (non-hydrogen) atoms. The smallest absolute Gasteiger partial charge is 0.217 e. The quantitative estimate of drug-likeness (QED) is 0.565. The zero-order valence-electron chi connectivity index (χ0n) is 10.0. The molecule has 0 amide bonds. The second-order valence-electron chi connectivity index (χ2n) is 3.75. The Morgan fingerprint density at radius 3 is 2.69 bits per heavy atom. The molecule has 0 N–H and O–H groups in total. The number of rotatable bonds is 7. The van der Waals surface area contributed by atoms with E-state index >= 15 is 0 Å². The summed E-state index contributed by atoms with van der Waals surface area (Å²) in [6.45, 7) is 5.04. The summed E-state index contributed by atoms with van der Waals surface area (Å²) >= 11 is 3.37. The van der Waals surface area contributed by atoms with Gasteiger partial charge in [0.05, 0.1) is 6.61 Å². The Kier molecular flexibility index (Phi) is 6.38. The molecule has 1 rings (SSSR count). The molecule has 0 aliphatic carbocycles. The maximum absolute atomic E-state index is 5.59. The molecule has 0 aromatic carbocycles. The van der Waals surface area contributed by atoms with Gasteiger partial charge < -0.3 is 4.74 Å². The fourth-order valence-corrected chi connectivity index (χ4v) is 1.78. The Morgan fingerprint density at radius 2 is 2.00 bits per heavy atom. The lowest BCUT2D eigenvalue weighted by molar-refractivity contribution is 0.293. The molecule has 0 saturated carbocycles. The molecule has 90 valence electrons. The van der Waals surface area contributed by atoms with Gasteiger partial charge in [0.15, 0.2) is 0 Å². The monoisotopic (exact) mass is 286 g/mol. The minimum Gasteiger partial charge on any atom is -0.478 e. The second-order valence-corrected chi connectivity index (χ2v) is 4.56. The van der Waals surface area contributed by atoms with Crippen LogP contribution in [0, 0.1) is 0 Å². The number of unbranched alkanes of at least 4 members (excludes halogenated alkanes) is 2. The first-order chi connectivity index (χ1) is 7.76. The van der Waals surface area contributed by atoms with Gasteiger partial charge in [0.2, 0.25) is 5.88 Å². The Morgan fingerprint density at radius 1 is 1.19 bits per heavy atom. The molecule has 0 saturated heterocycles. The van der Waals surface area contributed by atoms with Crippen molar-refractivity contribution < 1.29 is 4.74 Å². The van der Waals surface area contributed by atoms with Crippen molar-refractivity contribution >= 4 is 15.9 Å². The van der Waals surface area contributed by atoms with Crippen LogP contribution in [0.4, 0.5) is 0 Å². The number of halogens is 1. The third kappa shape index (κ3) is 4.92. The average Bonchev–Trinajstić information content (AvgIpc) is 2.24. The van der Waals surface area contributed by atoms with Gasteiger partial charge >= 0.3 is 0 Å². The summed E-state index contributed by atoms with van der Waals surface area (Å²) in [6.07, 6.45) is 5.43. The Labute approximate surface area is 106 Å². The highest BCUT2D eigenvalue weighted by atomic mass is 79.9. The van der Waals surface area contributed by atoms with Gasteiger partial charge in [0, 0.05) is 12.5 Å². The van der Waals surface area contributed by atoms with E-state index in [0.717, 1.165) is 36.3 Å². The predicted molar refractivity (Wildman–Crippen MR) is 68.7 cm³/mol. The second kappa shape index (κ2) is 7.60. The number of hydrogen-bond donors (Lipinski definition) is 0. The number of ether oxygens (including phenoxy) is 1. The molecule has 0 aliphatic heterocycles. The van der Waals surface area contributed by atoms with Crippen LogP contribution in [0.1, 0.15) is 45.4 Å². The van der Waals surface area contributed by atoms with Gasteiger partial charge in [-0.25, -0.2) is 4.98 Å². The van der Waals surface area contributed by atoms with Crippen LogP contribution in [0.25, 0.3) is 0 Å². The lowest BCUT2D eigenvalue weighted by Crippen LogP contribution is -2.02. The van der Waals surface area contributed by atoms with E-state index in [1.165, 1.54) is 12.8 Å². The molecular formula is C12H19BrN2O. The SMILES string of the molecule is CCCCCOc1cc(Br)nc(CCC)n1. The van der Waals surface area contributed by atoms with E-state index in [0.29, 0.717) is 5.88 Å². The van der Waals surface area contributed by atoms with E-state index in [4.69, 9.17) is 4.74 Å². The molecule has 0 fully saturated rings. The van der Waals surface area contributed by atoms with Crippen molar-refractivity contribution in [2.45, 2.75) is 46.0 Å². The lowest BCUT2D eigenvalue weighted by Gasteiger charge is -2.06. The Bertz CT molecular complexity index is 318. The first-order valence-corrected chi connectivity index (χ1v) is 6.71. The zero-order valence-corrected chi connectivity index (χ0v) is 11.6. The van der Waals surface area contributed by atoms with Crippen LogP contribution >= 0.6 is 15.9 Å². The summed E-state index contributed by atoms with van der Waals surface area (Å²) in [6, 6.07) is 1.82. The molecule has 0 aliphatic rings. The summed E-state index contributed by atoms with van der Waals surface area (Å²) in [5, 5.41) is 0. The number of aromatic nitrogens is 2. The van der Waals surface area contributed by atoms with Gasteiger partial charge in [-0.05, 0) is 28.8 Å². The van der Waals surface area contributed by atoms with Crippen molar-refractivity contribution in [3.8, 4) is 5.88 Å². The topological polar surface area (TPSA) is 35.0 Å². The average molecular weight is 287 g/mol. The third-order valence-electron chi connectivity index (χ3n) is 2.19. The summed E-state index contributed by atoms with van der Waals surface area (Å²) < 4.78 is 6.40. The minimum atomic E-state index is 0.682. The van der Waals surface area contributed by atoms with Crippen LogP contribution in [-0.2, 0) is 6.42 Å². The fourth-order valence-electron chi connectivity index (χ4n) is 1.38. The summed E-state index contributed by atoms with van der Waals surface area (Å²) in [4.78, 5) is 8.65. The van der Waals surface area contributed by atoms with Gasteiger partial charge in [-0.3, -0.25) is 0 Å². The van der Waals surface area contributed by atoms with Crippen molar-refractivity contribution in [1.82, 2.24) is 9.97 Å². The number of aryl methyl sites for hydroxylation is 1. The van der Waals surface area contributed by atoms with Gasteiger partial charge in [0.25, 0.3) is 0 Å². The number of nitrogens with zero attached hydrogens (tertiary/aromatic N) is 2. The molecule has 0 radical (unpaired) electrons.